The largest absolute Gasteiger partial charge is 0.325 e. The highest BCUT2D eigenvalue weighted by atomic mass is 16.2. The Morgan fingerprint density at radius 3 is 1.91 bits per heavy atom. The van der Waals surface area contributed by atoms with Crippen LogP contribution < -0.4 is 0 Å². The molecule has 0 radical (unpaired) electrons. The Hall–Kier alpha value is -1.06. The zero-order valence-electron chi connectivity index (χ0n) is 7.30. The first-order valence-corrected chi connectivity index (χ1v) is 3.49. The second-order valence-corrected chi connectivity index (χ2v) is 3.31. The molecule has 0 unspecified atom stereocenters. The Kier molecular flexibility index (Phi) is 1.44. The molecule has 1 N–H and O–H groups in total. The van der Waals surface area contributed by atoms with Crippen LogP contribution in [-0.2, 0) is 0 Å². The highest BCUT2D eigenvalue weighted by Crippen LogP contribution is 2.24. The van der Waals surface area contributed by atoms with Gasteiger partial charge in [-0.25, -0.2) is 4.79 Å². The van der Waals surface area contributed by atoms with Crippen LogP contribution in [0.5, 0.6) is 0 Å². The van der Waals surface area contributed by atoms with Crippen molar-refractivity contribution >= 4 is 11.9 Å². The van der Waals surface area contributed by atoms with Gasteiger partial charge < -0.3 is 4.90 Å². The summed E-state index contributed by atoms with van der Waals surface area (Å²) in [4.78, 5) is 14.2. The van der Waals surface area contributed by atoms with Gasteiger partial charge in [0.05, 0.1) is 5.54 Å². The van der Waals surface area contributed by atoms with Crippen LogP contribution in [-0.4, -0.2) is 41.3 Å². The lowest BCUT2D eigenvalue weighted by Gasteiger charge is -2.24. The number of carbonyl (C=O) groups excluding carboxylic acids is 1. The van der Waals surface area contributed by atoms with Crippen LogP contribution in [0.1, 0.15) is 13.8 Å². The molecule has 1 aliphatic rings. The smallest absolute Gasteiger partial charge is 0.315 e. The molecule has 0 aromatic heterocycles. The lowest BCUT2D eigenvalue weighted by molar-refractivity contribution is 0.191. The second kappa shape index (κ2) is 1.96. The molecule has 4 heteroatoms. The molecule has 2 amide bonds. The molecule has 4 nitrogen and oxygen atoms in total. The number of carbonyl (C=O) groups is 1. The van der Waals surface area contributed by atoms with Gasteiger partial charge in [0.15, 0.2) is 0 Å². The van der Waals surface area contributed by atoms with E-state index < -0.39 is 5.54 Å². The molecule has 0 aromatic carbocycles. The summed E-state index contributed by atoms with van der Waals surface area (Å²) in [6, 6.07) is -0.111. The summed E-state index contributed by atoms with van der Waals surface area (Å²) in [5.41, 5.74) is -0.453. The summed E-state index contributed by atoms with van der Waals surface area (Å²) in [6.45, 7) is 3.72. The SMILES string of the molecule is CN1C(=N)C(C)(C)N(C)C1=O. The van der Waals surface area contributed by atoms with Gasteiger partial charge in [-0.2, -0.15) is 0 Å². The van der Waals surface area contributed by atoms with Crippen molar-refractivity contribution in [1.82, 2.24) is 9.80 Å². The number of hydrogen-bond donors (Lipinski definition) is 1. The maximum atomic E-state index is 11.2. The number of amides is 2. The van der Waals surface area contributed by atoms with E-state index in [1.165, 1.54) is 4.90 Å². The quantitative estimate of drug-likeness (QED) is 0.551. The maximum absolute atomic E-state index is 11.2. The van der Waals surface area contributed by atoms with Crippen LogP contribution in [0.4, 0.5) is 4.79 Å². The highest BCUT2D eigenvalue weighted by Gasteiger charge is 2.44. The predicted octanol–water partition coefficient (Wildman–Crippen LogP) is 0.739. The van der Waals surface area contributed by atoms with Crippen molar-refractivity contribution < 1.29 is 4.79 Å². The summed E-state index contributed by atoms with van der Waals surface area (Å²) in [6.07, 6.45) is 0. The van der Waals surface area contributed by atoms with Crippen molar-refractivity contribution in [2.24, 2.45) is 0 Å². The third-order valence-corrected chi connectivity index (χ3v) is 2.33. The van der Waals surface area contributed by atoms with Gasteiger partial charge in [-0.1, -0.05) is 0 Å². The van der Waals surface area contributed by atoms with Gasteiger partial charge in [-0.3, -0.25) is 10.3 Å². The van der Waals surface area contributed by atoms with Crippen molar-refractivity contribution in [3.63, 3.8) is 0 Å². The van der Waals surface area contributed by atoms with Crippen molar-refractivity contribution in [2.75, 3.05) is 14.1 Å². The molecule has 0 spiro atoms. The number of nitrogens with one attached hydrogen (secondary N) is 1. The van der Waals surface area contributed by atoms with Crippen molar-refractivity contribution in [1.29, 1.82) is 5.41 Å². The van der Waals surface area contributed by atoms with E-state index in [0.29, 0.717) is 5.84 Å². The summed E-state index contributed by atoms with van der Waals surface area (Å²) >= 11 is 0. The Balaban J connectivity index is 3.06. The summed E-state index contributed by atoms with van der Waals surface area (Å²) in [5.74, 6) is 0.352. The molecule has 1 rings (SSSR count). The average molecular weight is 155 g/mol. The Bertz CT molecular complexity index is 222. The summed E-state index contributed by atoms with van der Waals surface area (Å²) < 4.78 is 0. The number of rotatable bonds is 0. The average Bonchev–Trinajstić information content (AvgIpc) is 2.06. The van der Waals surface area contributed by atoms with E-state index in [0.717, 1.165) is 0 Å². The molecule has 0 bridgehead atoms. The first-order valence-electron chi connectivity index (χ1n) is 3.49. The van der Waals surface area contributed by atoms with Crippen molar-refractivity contribution in [3.8, 4) is 0 Å². The third-order valence-electron chi connectivity index (χ3n) is 2.33. The molecule has 1 aliphatic heterocycles. The molecule has 11 heavy (non-hydrogen) atoms. The van der Waals surface area contributed by atoms with E-state index in [1.807, 2.05) is 13.8 Å². The van der Waals surface area contributed by atoms with Crippen molar-refractivity contribution in [2.45, 2.75) is 19.4 Å². The normalized spacial score (nSPS) is 23.3. The maximum Gasteiger partial charge on any atom is 0.325 e. The zero-order chi connectivity index (χ0) is 8.81. The van der Waals surface area contributed by atoms with Crippen LogP contribution in [0, 0.1) is 5.41 Å². The molecule has 0 aromatic rings. The van der Waals surface area contributed by atoms with Gasteiger partial charge in [0, 0.05) is 14.1 Å². The molecular formula is C7H13N3O. The Morgan fingerprint density at radius 1 is 1.36 bits per heavy atom. The first-order chi connectivity index (χ1) is 4.89. The lowest BCUT2D eigenvalue weighted by atomic mass is 10.0. The minimum Gasteiger partial charge on any atom is -0.315 e. The van der Waals surface area contributed by atoms with Gasteiger partial charge in [-0.15, -0.1) is 0 Å². The number of hydrogen-bond acceptors (Lipinski definition) is 2. The zero-order valence-corrected chi connectivity index (χ0v) is 7.30. The Morgan fingerprint density at radius 2 is 1.82 bits per heavy atom. The van der Waals surface area contributed by atoms with E-state index in [1.54, 1.807) is 19.0 Å². The van der Waals surface area contributed by atoms with Crippen LogP contribution in [0.3, 0.4) is 0 Å². The van der Waals surface area contributed by atoms with Gasteiger partial charge >= 0.3 is 6.03 Å². The summed E-state index contributed by atoms with van der Waals surface area (Å²) in [5, 5.41) is 7.58. The molecule has 0 saturated carbocycles. The third kappa shape index (κ3) is 0.818. The lowest BCUT2D eigenvalue weighted by Crippen LogP contribution is -2.41. The van der Waals surface area contributed by atoms with Crippen LogP contribution in [0.2, 0.25) is 0 Å². The van der Waals surface area contributed by atoms with E-state index in [-0.39, 0.29) is 6.03 Å². The van der Waals surface area contributed by atoms with E-state index in [2.05, 4.69) is 0 Å². The highest BCUT2D eigenvalue weighted by molar-refractivity contribution is 6.07. The number of amidine groups is 1. The standard InChI is InChI=1S/C7H13N3O/c1-7(2)5(8)9(3)6(11)10(7)4/h8H,1-4H3. The van der Waals surface area contributed by atoms with Gasteiger partial charge in [-0.05, 0) is 13.8 Å². The second-order valence-electron chi connectivity index (χ2n) is 3.31. The summed E-state index contributed by atoms with van der Waals surface area (Å²) in [7, 11) is 3.33. The number of likely N-dealkylation sites (N-methyl/N-ethyl adjacent to an activating group) is 2. The van der Waals surface area contributed by atoms with Crippen LogP contribution in [0.25, 0.3) is 0 Å². The molecule has 1 heterocycles. The fourth-order valence-corrected chi connectivity index (χ4v) is 1.13. The molecule has 0 aliphatic carbocycles. The molecular weight excluding hydrogens is 142 g/mol. The van der Waals surface area contributed by atoms with Gasteiger partial charge in [0.25, 0.3) is 0 Å². The fraction of sp³-hybridized carbons (Fsp3) is 0.714. The fourth-order valence-electron chi connectivity index (χ4n) is 1.13. The first kappa shape index (κ1) is 8.04. The molecule has 62 valence electrons. The number of nitrogens with zero attached hydrogens (tertiary/aromatic N) is 2. The molecule has 1 saturated heterocycles. The van der Waals surface area contributed by atoms with Gasteiger partial charge in [0.2, 0.25) is 0 Å². The van der Waals surface area contributed by atoms with E-state index in [4.69, 9.17) is 5.41 Å². The minimum absolute atomic E-state index is 0.111. The predicted molar refractivity (Wildman–Crippen MR) is 42.7 cm³/mol. The molecule has 0 atom stereocenters. The van der Waals surface area contributed by atoms with Crippen LogP contribution in [0.15, 0.2) is 0 Å². The van der Waals surface area contributed by atoms with Gasteiger partial charge in [0.1, 0.15) is 5.84 Å². The molecule has 1 fully saturated rings. The Labute approximate surface area is 66.3 Å². The number of urea groups is 1. The van der Waals surface area contributed by atoms with Crippen molar-refractivity contribution in [3.05, 3.63) is 0 Å². The van der Waals surface area contributed by atoms with E-state index in [9.17, 15) is 4.79 Å². The monoisotopic (exact) mass is 155 g/mol. The van der Waals surface area contributed by atoms with Crippen LogP contribution >= 0.6 is 0 Å². The topological polar surface area (TPSA) is 47.4 Å². The minimum atomic E-state index is -0.453. The van der Waals surface area contributed by atoms with E-state index >= 15 is 0 Å².